The largest absolute Gasteiger partial charge is 0.377 e. The number of carbonyl (C=O) groups is 1. The van der Waals surface area contributed by atoms with E-state index in [1.165, 1.54) is 5.56 Å². The molecule has 3 heteroatoms. The first-order valence-corrected chi connectivity index (χ1v) is 8.22. The molecular weight excluding hydrogens is 296 g/mol. The molecule has 0 aliphatic rings. The zero-order valence-corrected chi connectivity index (χ0v) is 14.4. The van der Waals surface area contributed by atoms with Crippen LogP contribution in [0.3, 0.4) is 0 Å². The van der Waals surface area contributed by atoms with Gasteiger partial charge in [0.05, 0.1) is 12.2 Å². The number of hydrogen-bond donors (Lipinski definition) is 1. The Morgan fingerprint density at radius 2 is 1.75 bits per heavy atom. The zero-order valence-electron chi connectivity index (χ0n) is 14.4. The van der Waals surface area contributed by atoms with Crippen molar-refractivity contribution in [2.45, 2.75) is 19.3 Å². The molecule has 2 aromatic rings. The molecule has 2 rings (SSSR count). The number of rotatable bonds is 6. The summed E-state index contributed by atoms with van der Waals surface area (Å²) in [4.78, 5) is 13.9. The van der Waals surface area contributed by atoms with Gasteiger partial charge >= 0.3 is 0 Å². The van der Waals surface area contributed by atoms with E-state index in [0.717, 1.165) is 24.1 Å². The molecule has 0 aliphatic carbocycles. The molecule has 24 heavy (non-hydrogen) atoms. The maximum absolute atomic E-state index is 11.8. The van der Waals surface area contributed by atoms with Crippen LogP contribution in [0.2, 0.25) is 0 Å². The van der Waals surface area contributed by atoms with E-state index in [1.807, 2.05) is 61.5 Å². The van der Waals surface area contributed by atoms with Gasteiger partial charge in [0.2, 0.25) is 5.91 Å². The van der Waals surface area contributed by atoms with E-state index in [4.69, 9.17) is 0 Å². The monoisotopic (exact) mass is 320 g/mol. The molecule has 0 bridgehead atoms. The minimum atomic E-state index is 0.0566. The SMILES string of the molecule is CN(C)c1ccccc1C#CCNC(=O)CCCc1ccccc1. The van der Waals surface area contributed by atoms with E-state index in [-0.39, 0.29) is 5.91 Å². The Kier molecular flexibility index (Phi) is 6.91. The summed E-state index contributed by atoms with van der Waals surface area (Å²) in [6, 6.07) is 18.2. The highest BCUT2D eigenvalue weighted by molar-refractivity contribution is 5.76. The van der Waals surface area contributed by atoms with Gasteiger partial charge in [0, 0.05) is 26.1 Å². The van der Waals surface area contributed by atoms with Crippen LogP contribution in [0.15, 0.2) is 54.6 Å². The van der Waals surface area contributed by atoms with Gasteiger partial charge in [0.15, 0.2) is 0 Å². The molecule has 0 atom stereocenters. The molecule has 0 fully saturated rings. The first-order chi connectivity index (χ1) is 11.7. The topological polar surface area (TPSA) is 32.3 Å². The second-order valence-electron chi connectivity index (χ2n) is 5.83. The summed E-state index contributed by atoms with van der Waals surface area (Å²) < 4.78 is 0. The van der Waals surface area contributed by atoms with Crippen molar-refractivity contribution in [1.29, 1.82) is 0 Å². The van der Waals surface area contributed by atoms with Crippen LogP contribution in [0, 0.1) is 11.8 Å². The van der Waals surface area contributed by atoms with Crippen molar-refractivity contribution >= 4 is 11.6 Å². The predicted molar refractivity (Wildman–Crippen MR) is 100 cm³/mol. The van der Waals surface area contributed by atoms with E-state index in [1.54, 1.807) is 0 Å². The van der Waals surface area contributed by atoms with Crippen molar-refractivity contribution in [2.75, 3.05) is 25.5 Å². The van der Waals surface area contributed by atoms with Crippen molar-refractivity contribution in [1.82, 2.24) is 5.32 Å². The van der Waals surface area contributed by atoms with E-state index >= 15 is 0 Å². The molecule has 0 unspecified atom stereocenters. The number of anilines is 1. The molecule has 0 saturated carbocycles. The minimum Gasteiger partial charge on any atom is -0.377 e. The Balaban J connectivity index is 1.74. The molecule has 0 aliphatic heterocycles. The lowest BCUT2D eigenvalue weighted by Gasteiger charge is -2.13. The second-order valence-corrected chi connectivity index (χ2v) is 5.83. The number of carbonyl (C=O) groups excluding carboxylic acids is 1. The number of benzene rings is 2. The van der Waals surface area contributed by atoms with Gasteiger partial charge in [-0.05, 0) is 30.5 Å². The van der Waals surface area contributed by atoms with Gasteiger partial charge in [-0.2, -0.15) is 0 Å². The minimum absolute atomic E-state index is 0.0566. The number of para-hydroxylation sites is 1. The normalized spacial score (nSPS) is 9.75. The van der Waals surface area contributed by atoms with Crippen LogP contribution in [0.4, 0.5) is 5.69 Å². The Morgan fingerprint density at radius 3 is 2.50 bits per heavy atom. The van der Waals surface area contributed by atoms with Crippen molar-refractivity contribution in [2.24, 2.45) is 0 Å². The Hall–Kier alpha value is -2.73. The summed E-state index contributed by atoms with van der Waals surface area (Å²) in [6.07, 6.45) is 2.31. The second kappa shape index (κ2) is 9.42. The average molecular weight is 320 g/mol. The lowest BCUT2D eigenvalue weighted by atomic mass is 10.1. The van der Waals surface area contributed by atoms with Gasteiger partial charge < -0.3 is 10.2 Å². The maximum atomic E-state index is 11.8. The lowest BCUT2D eigenvalue weighted by Crippen LogP contribution is -2.23. The Labute approximate surface area is 144 Å². The van der Waals surface area contributed by atoms with Crippen molar-refractivity contribution < 1.29 is 4.79 Å². The van der Waals surface area contributed by atoms with Gasteiger partial charge in [-0.1, -0.05) is 54.3 Å². The summed E-state index contributed by atoms with van der Waals surface area (Å²) in [7, 11) is 3.99. The molecule has 3 nitrogen and oxygen atoms in total. The number of nitrogens with one attached hydrogen (secondary N) is 1. The summed E-state index contributed by atoms with van der Waals surface area (Å²) in [5.41, 5.74) is 3.32. The zero-order chi connectivity index (χ0) is 17.2. The molecule has 1 N–H and O–H groups in total. The molecular formula is C21H24N2O. The van der Waals surface area contributed by atoms with Gasteiger partial charge in [-0.3, -0.25) is 4.79 Å². The van der Waals surface area contributed by atoms with E-state index in [2.05, 4.69) is 29.3 Å². The van der Waals surface area contributed by atoms with Crippen LogP contribution in [-0.2, 0) is 11.2 Å². The fraction of sp³-hybridized carbons (Fsp3) is 0.286. The number of amides is 1. The molecule has 124 valence electrons. The van der Waals surface area contributed by atoms with Gasteiger partial charge in [0.1, 0.15) is 0 Å². The molecule has 0 heterocycles. The predicted octanol–water partition coefficient (Wildman–Crippen LogP) is 3.24. The Bertz CT molecular complexity index is 711. The van der Waals surface area contributed by atoms with Crippen LogP contribution in [0.1, 0.15) is 24.0 Å². The number of aryl methyl sites for hydroxylation is 1. The van der Waals surface area contributed by atoms with E-state index in [9.17, 15) is 4.79 Å². The summed E-state index contributed by atoms with van der Waals surface area (Å²) in [5.74, 6) is 6.21. The fourth-order valence-corrected chi connectivity index (χ4v) is 2.44. The highest BCUT2D eigenvalue weighted by Crippen LogP contribution is 2.16. The maximum Gasteiger partial charge on any atom is 0.220 e. The fourth-order valence-electron chi connectivity index (χ4n) is 2.44. The van der Waals surface area contributed by atoms with Crippen LogP contribution in [0.5, 0.6) is 0 Å². The molecule has 0 aromatic heterocycles. The van der Waals surface area contributed by atoms with Crippen molar-refractivity contribution in [3.05, 3.63) is 65.7 Å². The smallest absolute Gasteiger partial charge is 0.220 e. The molecule has 0 saturated heterocycles. The first kappa shape index (κ1) is 17.6. The lowest BCUT2D eigenvalue weighted by molar-refractivity contribution is -0.120. The summed E-state index contributed by atoms with van der Waals surface area (Å²) >= 11 is 0. The van der Waals surface area contributed by atoms with Crippen LogP contribution in [-0.4, -0.2) is 26.5 Å². The third-order valence-electron chi connectivity index (χ3n) is 3.69. The van der Waals surface area contributed by atoms with Crippen LogP contribution in [0.25, 0.3) is 0 Å². The quantitative estimate of drug-likeness (QED) is 0.829. The third-order valence-corrected chi connectivity index (χ3v) is 3.69. The molecule has 0 spiro atoms. The third kappa shape index (κ3) is 5.81. The average Bonchev–Trinajstić information content (AvgIpc) is 2.60. The van der Waals surface area contributed by atoms with Crippen LogP contribution >= 0.6 is 0 Å². The van der Waals surface area contributed by atoms with E-state index < -0.39 is 0 Å². The standard InChI is InChI=1S/C21H24N2O/c1-23(2)20-15-7-6-13-19(20)14-9-17-22-21(24)16-8-12-18-10-4-3-5-11-18/h3-7,10-11,13,15H,8,12,16-17H2,1-2H3,(H,22,24). The van der Waals surface area contributed by atoms with Crippen molar-refractivity contribution in [3.63, 3.8) is 0 Å². The Morgan fingerprint density at radius 1 is 1.04 bits per heavy atom. The molecule has 0 radical (unpaired) electrons. The van der Waals surface area contributed by atoms with Gasteiger partial charge in [-0.15, -0.1) is 0 Å². The molecule has 1 amide bonds. The summed E-state index contributed by atoms with van der Waals surface area (Å²) in [6.45, 7) is 0.381. The highest BCUT2D eigenvalue weighted by Gasteiger charge is 2.01. The van der Waals surface area contributed by atoms with Crippen molar-refractivity contribution in [3.8, 4) is 11.8 Å². The highest BCUT2D eigenvalue weighted by atomic mass is 16.1. The number of nitrogens with zero attached hydrogens (tertiary/aromatic N) is 1. The summed E-state index contributed by atoms with van der Waals surface area (Å²) in [5, 5.41) is 2.86. The molecule has 2 aromatic carbocycles. The van der Waals surface area contributed by atoms with Gasteiger partial charge in [0.25, 0.3) is 0 Å². The number of hydrogen-bond acceptors (Lipinski definition) is 2. The van der Waals surface area contributed by atoms with Gasteiger partial charge in [-0.25, -0.2) is 0 Å². The van der Waals surface area contributed by atoms with E-state index in [0.29, 0.717) is 13.0 Å². The van der Waals surface area contributed by atoms with Crippen LogP contribution < -0.4 is 10.2 Å². The first-order valence-electron chi connectivity index (χ1n) is 8.22.